The number of benzene rings is 2. The summed E-state index contributed by atoms with van der Waals surface area (Å²) in [6, 6.07) is 13.3. The Kier molecular flexibility index (Phi) is 8.23. The Labute approximate surface area is 173 Å². The first-order valence-corrected chi connectivity index (χ1v) is 9.43. The quantitative estimate of drug-likeness (QED) is 0.632. The summed E-state index contributed by atoms with van der Waals surface area (Å²) in [5.74, 6) is -0.997. The number of alkyl halides is 3. The van der Waals surface area contributed by atoms with Crippen LogP contribution in [0.3, 0.4) is 0 Å². The SMILES string of the molecule is CCCN(CC(=O)Nc1ccc(OC(F)(F)F)cc1)C(C)C(=O)Nc1ccccc1. The lowest BCUT2D eigenvalue weighted by atomic mass is 10.2. The summed E-state index contributed by atoms with van der Waals surface area (Å²) in [5, 5.41) is 5.43. The zero-order valence-electron chi connectivity index (χ0n) is 16.7. The Morgan fingerprint density at radius 3 is 2.17 bits per heavy atom. The van der Waals surface area contributed by atoms with Gasteiger partial charge in [0.2, 0.25) is 11.8 Å². The van der Waals surface area contributed by atoms with Crippen molar-refractivity contribution in [1.29, 1.82) is 0 Å². The number of ether oxygens (including phenoxy) is 1. The van der Waals surface area contributed by atoms with Crippen molar-refractivity contribution in [3.05, 3.63) is 54.6 Å². The average molecular weight is 423 g/mol. The molecule has 30 heavy (non-hydrogen) atoms. The molecule has 1 unspecified atom stereocenters. The summed E-state index contributed by atoms with van der Waals surface area (Å²) in [5.41, 5.74) is 0.990. The van der Waals surface area contributed by atoms with Crippen LogP contribution in [0.25, 0.3) is 0 Å². The van der Waals surface area contributed by atoms with Crippen molar-refractivity contribution in [2.24, 2.45) is 0 Å². The van der Waals surface area contributed by atoms with Crippen LogP contribution in [0.5, 0.6) is 5.75 Å². The van der Waals surface area contributed by atoms with E-state index in [0.717, 1.165) is 18.6 Å². The number of rotatable bonds is 9. The maximum atomic E-state index is 12.5. The molecule has 0 bridgehead atoms. The van der Waals surface area contributed by atoms with Crippen molar-refractivity contribution >= 4 is 23.2 Å². The Balaban J connectivity index is 1.94. The van der Waals surface area contributed by atoms with Crippen LogP contribution in [-0.4, -0.2) is 42.2 Å². The highest BCUT2D eigenvalue weighted by Gasteiger charge is 2.31. The van der Waals surface area contributed by atoms with Crippen LogP contribution in [0, 0.1) is 0 Å². The Bertz CT molecular complexity index is 827. The summed E-state index contributed by atoms with van der Waals surface area (Å²) in [6.45, 7) is 4.13. The molecule has 9 heteroatoms. The van der Waals surface area contributed by atoms with Crippen molar-refractivity contribution < 1.29 is 27.5 Å². The second-order valence-electron chi connectivity index (χ2n) is 6.62. The average Bonchev–Trinajstić information content (AvgIpc) is 2.68. The summed E-state index contributed by atoms with van der Waals surface area (Å²) >= 11 is 0. The van der Waals surface area contributed by atoms with Gasteiger partial charge in [0.15, 0.2) is 0 Å². The summed E-state index contributed by atoms with van der Waals surface area (Å²) in [6.07, 6.45) is -4.04. The molecule has 0 heterocycles. The predicted octanol–water partition coefficient (Wildman–Crippen LogP) is 4.26. The fourth-order valence-electron chi connectivity index (χ4n) is 2.76. The van der Waals surface area contributed by atoms with E-state index in [1.807, 2.05) is 25.1 Å². The third-order valence-corrected chi connectivity index (χ3v) is 4.20. The van der Waals surface area contributed by atoms with Gasteiger partial charge in [0.1, 0.15) is 5.75 Å². The molecule has 6 nitrogen and oxygen atoms in total. The van der Waals surface area contributed by atoms with Crippen molar-refractivity contribution in [1.82, 2.24) is 4.90 Å². The van der Waals surface area contributed by atoms with Gasteiger partial charge in [-0.05, 0) is 56.3 Å². The van der Waals surface area contributed by atoms with Gasteiger partial charge in [-0.1, -0.05) is 25.1 Å². The molecule has 2 rings (SSSR count). The molecule has 0 spiro atoms. The maximum Gasteiger partial charge on any atom is 0.573 e. The van der Waals surface area contributed by atoms with Crippen LogP contribution in [0.15, 0.2) is 54.6 Å². The standard InChI is InChI=1S/C21H24F3N3O3/c1-3-13-27(15(2)20(29)26-16-7-5-4-6-8-16)14-19(28)25-17-9-11-18(12-10-17)30-21(22,23)24/h4-12,15H,3,13-14H2,1-2H3,(H,25,28)(H,26,29). The van der Waals surface area contributed by atoms with E-state index in [1.54, 1.807) is 24.0 Å². The molecule has 2 N–H and O–H groups in total. The molecule has 0 aliphatic heterocycles. The van der Waals surface area contributed by atoms with E-state index in [2.05, 4.69) is 15.4 Å². The third-order valence-electron chi connectivity index (χ3n) is 4.20. The van der Waals surface area contributed by atoms with Gasteiger partial charge in [-0.3, -0.25) is 14.5 Å². The van der Waals surface area contributed by atoms with E-state index in [-0.39, 0.29) is 24.1 Å². The van der Waals surface area contributed by atoms with Crippen LogP contribution < -0.4 is 15.4 Å². The lowest BCUT2D eigenvalue weighted by Crippen LogP contribution is -2.46. The van der Waals surface area contributed by atoms with E-state index in [4.69, 9.17) is 0 Å². The van der Waals surface area contributed by atoms with Crippen LogP contribution in [0.2, 0.25) is 0 Å². The van der Waals surface area contributed by atoms with E-state index >= 15 is 0 Å². The molecule has 162 valence electrons. The maximum absolute atomic E-state index is 12.5. The molecular formula is C21H24F3N3O3. The molecule has 2 aromatic rings. The molecular weight excluding hydrogens is 399 g/mol. The van der Waals surface area contributed by atoms with Crippen LogP contribution >= 0.6 is 0 Å². The van der Waals surface area contributed by atoms with Crippen molar-refractivity contribution in [2.75, 3.05) is 23.7 Å². The number of amides is 2. The lowest BCUT2D eigenvalue weighted by molar-refractivity contribution is -0.274. The number of carbonyl (C=O) groups is 2. The predicted molar refractivity (Wildman–Crippen MR) is 108 cm³/mol. The van der Waals surface area contributed by atoms with Gasteiger partial charge < -0.3 is 15.4 Å². The highest BCUT2D eigenvalue weighted by molar-refractivity contribution is 5.96. The number of anilines is 2. The molecule has 1 atom stereocenters. The number of nitrogens with one attached hydrogen (secondary N) is 2. The van der Waals surface area contributed by atoms with Gasteiger partial charge in [0.05, 0.1) is 12.6 Å². The number of nitrogens with zero attached hydrogens (tertiary/aromatic N) is 1. The lowest BCUT2D eigenvalue weighted by Gasteiger charge is -2.27. The Morgan fingerprint density at radius 2 is 1.60 bits per heavy atom. The molecule has 0 aliphatic carbocycles. The molecule has 0 saturated heterocycles. The monoisotopic (exact) mass is 423 g/mol. The first-order chi connectivity index (χ1) is 14.2. The highest BCUT2D eigenvalue weighted by Crippen LogP contribution is 2.24. The van der Waals surface area contributed by atoms with Gasteiger partial charge in [0, 0.05) is 11.4 Å². The minimum absolute atomic E-state index is 0.0436. The zero-order chi connectivity index (χ0) is 22.1. The second-order valence-corrected chi connectivity index (χ2v) is 6.62. The van der Waals surface area contributed by atoms with Gasteiger partial charge in [-0.25, -0.2) is 0 Å². The normalized spacial score (nSPS) is 12.3. The molecule has 0 aliphatic rings. The number of hydrogen-bond donors (Lipinski definition) is 2. The largest absolute Gasteiger partial charge is 0.573 e. The number of hydrogen-bond acceptors (Lipinski definition) is 4. The fourth-order valence-corrected chi connectivity index (χ4v) is 2.76. The summed E-state index contributed by atoms with van der Waals surface area (Å²) < 4.78 is 40.4. The van der Waals surface area contributed by atoms with Crippen molar-refractivity contribution in [2.45, 2.75) is 32.7 Å². The van der Waals surface area contributed by atoms with Gasteiger partial charge in [0.25, 0.3) is 0 Å². The van der Waals surface area contributed by atoms with Gasteiger partial charge >= 0.3 is 6.36 Å². The number of halogens is 3. The first-order valence-electron chi connectivity index (χ1n) is 9.43. The molecule has 0 radical (unpaired) electrons. The molecule has 2 aromatic carbocycles. The molecule has 0 aromatic heterocycles. The molecule has 0 fully saturated rings. The zero-order valence-corrected chi connectivity index (χ0v) is 16.7. The minimum atomic E-state index is -4.78. The van der Waals surface area contributed by atoms with E-state index in [9.17, 15) is 22.8 Å². The van der Waals surface area contributed by atoms with Crippen LogP contribution in [0.4, 0.5) is 24.5 Å². The van der Waals surface area contributed by atoms with Crippen LogP contribution in [0.1, 0.15) is 20.3 Å². The highest BCUT2D eigenvalue weighted by atomic mass is 19.4. The third kappa shape index (κ3) is 7.75. The summed E-state index contributed by atoms with van der Waals surface area (Å²) in [4.78, 5) is 26.7. The Morgan fingerprint density at radius 1 is 1.00 bits per heavy atom. The van der Waals surface area contributed by atoms with Gasteiger partial charge in [-0.2, -0.15) is 0 Å². The van der Waals surface area contributed by atoms with Crippen molar-refractivity contribution in [3.8, 4) is 5.75 Å². The molecule has 0 saturated carbocycles. The second kappa shape index (κ2) is 10.6. The first kappa shape index (κ1) is 23.2. The van der Waals surface area contributed by atoms with Crippen LogP contribution in [-0.2, 0) is 9.59 Å². The van der Waals surface area contributed by atoms with E-state index in [1.165, 1.54) is 12.1 Å². The Hall–Kier alpha value is -3.07. The number of para-hydroxylation sites is 1. The summed E-state index contributed by atoms with van der Waals surface area (Å²) in [7, 11) is 0. The van der Waals surface area contributed by atoms with E-state index in [0.29, 0.717) is 17.9 Å². The fraction of sp³-hybridized carbons (Fsp3) is 0.333. The topological polar surface area (TPSA) is 70.7 Å². The molecule has 2 amide bonds. The smallest absolute Gasteiger partial charge is 0.406 e. The van der Waals surface area contributed by atoms with Crippen molar-refractivity contribution in [3.63, 3.8) is 0 Å². The van der Waals surface area contributed by atoms with E-state index < -0.39 is 12.4 Å². The number of carbonyl (C=O) groups excluding carboxylic acids is 2. The van der Waals surface area contributed by atoms with Gasteiger partial charge in [-0.15, -0.1) is 13.2 Å². The minimum Gasteiger partial charge on any atom is -0.406 e.